The zero-order valence-electron chi connectivity index (χ0n) is 13.2. The molecule has 1 N–H and O–H groups in total. The Kier molecular flexibility index (Phi) is 5.17. The van der Waals surface area contributed by atoms with E-state index >= 15 is 0 Å². The third-order valence-electron chi connectivity index (χ3n) is 4.13. The van der Waals surface area contributed by atoms with Crippen molar-refractivity contribution < 1.29 is 0 Å². The normalized spacial score (nSPS) is 20.2. The van der Waals surface area contributed by atoms with Crippen molar-refractivity contribution in [2.75, 3.05) is 43.4 Å². The van der Waals surface area contributed by atoms with Crippen LogP contribution in [0.3, 0.4) is 0 Å². The highest BCUT2D eigenvalue weighted by Crippen LogP contribution is 2.26. The van der Waals surface area contributed by atoms with Gasteiger partial charge >= 0.3 is 0 Å². The van der Waals surface area contributed by atoms with E-state index in [9.17, 15) is 0 Å². The molecule has 0 saturated carbocycles. The summed E-state index contributed by atoms with van der Waals surface area (Å²) in [6, 6.07) is 0.580. The van der Waals surface area contributed by atoms with E-state index in [1.807, 2.05) is 7.05 Å². The van der Waals surface area contributed by atoms with Gasteiger partial charge in [-0.15, -0.1) is 0 Å². The van der Waals surface area contributed by atoms with Gasteiger partial charge < -0.3 is 10.2 Å². The Balaban J connectivity index is 2.24. The Morgan fingerprint density at radius 1 is 1.30 bits per heavy atom. The van der Waals surface area contributed by atoms with Crippen molar-refractivity contribution in [2.45, 2.75) is 39.7 Å². The quantitative estimate of drug-likeness (QED) is 0.892. The van der Waals surface area contributed by atoms with E-state index in [4.69, 9.17) is 0 Å². The van der Waals surface area contributed by atoms with Crippen LogP contribution in [0.4, 0.5) is 11.6 Å². The van der Waals surface area contributed by atoms with Crippen molar-refractivity contribution in [2.24, 2.45) is 0 Å². The summed E-state index contributed by atoms with van der Waals surface area (Å²) in [5.41, 5.74) is 1.26. The SMILES string of the molecule is CCCc1c(NC)ncnc1N1CCN(CC)C(C)C1. The summed E-state index contributed by atoms with van der Waals surface area (Å²) in [7, 11) is 1.93. The second kappa shape index (κ2) is 6.88. The molecule has 5 nitrogen and oxygen atoms in total. The van der Waals surface area contributed by atoms with Crippen LogP contribution in [-0.2, 0) is 6.42 Å². The van der Waals surface area contributed by atoms with Gasteiger partial charge in [-0.1, -0.05) is 20.3 Å². The van der Waals surface area contributed by atoms with Gasteiger partial charge in [0.1, 0.15) is 18.0 Å². The molecule has 5 heteroatoms. The molecule has 1 atom stereocenters. The first kappa shape index (κ1) is 15.0. The molecule has 112 valence electrons. The Hall–Kier alpha value is -1.36. The van der Waals surface area contributed by atoms with Crippen LogP contribution < -0.4 is 10.2 Å². The van der Waals surface area contributed by atoms with Gasteiger partial charge in [0.05, 0.1) is 0 Å². The lowest BCUT2D eigenvalue weighted by Crippen LogP contribution is -2.52. The highest BCUT2D eigenvalue weighted by molar-refractivity contribution is 5.59. The number of piperazine rings is 1. The second-order valence-corrected chi connectivity index (χ2v) is 5.45. The molecule has 1 unspecified atom stereocenters. The van der Waals surface area contributed by atoms with E-state index in [1.165, 1.54) is 5.56 Å². The van der Waals surface area contributed by atoms with Crippen molar-refractivity contribution in [1.29, 1.82) is 0 Å². The minimum absolute atomic E-state index is 0.580. The topological polar surface area (TPSA) is 44.3 Å². The molecule has 2 rings (SSSR count). The summed E-state index contributed by atoms with van der Waals surface area (Å²) < 4.78 is 0. The maximum atomic E-state index is 4.57. The summed E-state index contributed by atoms with van der Waals surface area (Å²) in [6.45, 7) is 11.1. The molecule has 20 heavy (non-hydrogen) atoms. The van der Waals surface area contributed by atoms with Crippen LogP contribution in [0.5, 0.6) is 0 Å². The molecule has 1 aromatic heterocycles. The van der Waals surface area contributed by atoms with Crippen LogP contribution >= 0.6 is 0 Å². The van der Waals surface area contributed by atoms with Gasteiger partial charge in [-0.25, -0.2) is 9.97 Å². The van der Waals surface area contributed by atoms with Gasteiger partial charge in [-0.2, -0.15) is 0 Å². The summed E-state index contributed by atoms with van der Waals surface area (Å²) >= 11 is 0. The number of likely N-dealkylation sites (N-methyl/N-ethyl adjacent to an activating group) is 1. The molecule has 0 bridgehead atoms. The van der Waals surface area contributed by atoms with Crippen LogP contribution in [0.15, 0.2) is 6.33 Å². The fourth-order valence-corrected chi connectivity index (χ4v) is 3.03. The standard InChI is InChI=1S/C15H27N5/c1-5-7-13-14(16-4)17-11-18-15(13)20-9-8-19(6-2)12(3)10-20/h11-12H,5-10H2,1-4H3,(H,16,17,18). The molecule has 2 heterocycles. The Morgan fingerprint density at radius 3 is 2.70 bits per heavy atom. The van der Waals surface area contributed by atoms with Crippen LogP contribution in [0, 0.1) is 0 Å². The van der Waals surface area contributed by atoms with E-state index in [1.54, 1.807) is 6.33 Å². The Morgan fingerprint density at radius 2 is 2.10 bits per heavy atom. The fourth-order valence-electron chi connectivity index (χ4n) is 3.03. The highest BCUT2D eigenvalue weighted by atomic mass is 15.3. The van der Waals surface area contributed by atoms with E-state index in [0.717, 1.165) is 50.7 Å². The van der Waals surface area contributed by atoms with Crippen molar-refractivity contribution in [1.82, 2.24) is 14.9 Å². The predicted molar refractivity (Wildman–Crippen MR) is 84.5 cm³/mol. The summed E-state index contributed by atoms with van der Waals surface area (Å²) in [5, 5.41) is 3.20. The lowest BCUT2D eigenvalue weighted by molar-refractivity contribution is 0.199. The molecule has 1 fully saturated rings. The predicted octanol–water partition coefficient (Wildman–Crippen LogP) is 2.00. The maximum absolute atomic E-state index is 4.57. The molecule has 0 radical (unpaired) electrons. The first-order chi connectivity index (χ1) is 9.71. The number of anilines is 2. The third-order valence-corrected chi connectivity index (χ3v) is 4.13. The van der Waals surface area contributed by atoms with Crippen LogP contribution in [-0.4, -0.2) is 54.1 Å². The van der Waals surface area contributed by atoms with Crippen LogP contribution in [0.1, 0.15) is 32.8 Å². The summed E-state index contributed by atoms with van der Waals surface area (Å²) in [4.78, 5) is 13.9. The molecular formula is C15H27N5. The van der Waals surface area contributed by atoms with E-state index in [0.29, 0.717) is 6.04 Å². The van der Waals surface area contributed by atoms with Gasteiger partial charge in [0.2, 0.25) is 0 Å². The number of hydrogen-bond donors (Lipinski definition) is 1. The molecule has 0 spiro atoms. The van der Waals surface area contributed by atoms with E-state index in [-0.39, 0.29) is 0 Å². The minimum Gasteiger partial charge on any atom is -0.373 e. The van der Waals surface area contributed by atoms with Gasteiger partial charge in [0.25, 0.3) is 0 Å². The van der Waals surface area contributed by atoms with Gasteiger partial charge in [-0.05, 0) is 19.9 Å². The van der Waals surface area contributed by atoms with Crippen molar-refractivity contribution in [3.8, 4) is 0 Å². The molecule has 0 aromatic carbocycles. The molecule has 0 amide bonds. The molecular weight excluding hydrogens is 250 g/mol. The second-order valence-electron chi connectivity index (χ2n) is 5.45. The lowest BCUT2D eigenvalue weighted by Gasteiger charge is -2.40. The molecule has 1 saturated heterocycles. The Labute approximate surface area is 122 Å². The number of nitrogens with zero attached hydrogens (tertiary/aromatic N) is 4. The summed E-state index contributed by atoms with van der Waals surface area (Å²) in [5.74, 6) is 2.09. The zero-order chi connectivity index (χ0) is 14.5. The first-order valence-electron chi connectivity index (χ1n) is 7.71. The first-order valence-corrected chi connectivity index (χ1v) is 7.71. The minimum atomic E-state index is 0.580. The van der Waals surface area contributed by atoms with Crippen molar-refractivity contribution in [3.05, 3.63) is 11.9 Å². The largest absolute Gasteiger partial charge is 0.373 e. The maximum Gasteiger partial charge on any atom is 0.137 e. The van der Waals surface area contributed by atoms with Crippen molar-refractivity contribution >= 4 is 11.6 Å². The van der Waals surface area contributed by atoms with Gasteiger partial charge in [-0.3, -0.25) is 4.90 Å². The fraction of sp³-hybridized carbons (Fsp3) is 0.733. The molecule has 1 aromatic rings. The average molecular weight is 277 g/mol. The van der Waals surface area contributed by atoms with Crippen molar-refractivity contribution in [3.63, 3.8) is 0 Å². The smallest absolute Gasteiger partial charge is 0.137 e. The third kappa shape index (κ3) is 3.03. The zero-order valence-corrected chi connectivity index (χ0v) is 13.2. The Bertz CT molecular complexity index is 434. The van der Waals surface area contributed by atoms with E-state index < -0.39 is 0 Å². The summed E-state index contributed by atoms with van der Waals surface area (Å²) in [6.07, 6.45) is 3.81. The lowest BCUT2D eigenvalue weighted by atomic mass is 10.1. The van der Waals surface area contributed by atoms with Crippen LogP contribution in [0.25, 0.3) is 0 Å². The van der Waals surface area contributed by atoms with E-state index in [2.05, 4.69) is 45.9 Å². The van der Waals surface area contributed by atoms with Gasteiger partial charge in [0.15, 0.2) is 0 Å². The highest BCUT2D eigenvalue weighted by Gasteiger charge is 2.25. The number of nitrogens with one attached hydrogen (secondary N) is 1. The van der Waals surface area contributed by atoms with Crippen LogP contribution in [0.2, 0.25) is 0 Å². The average Bonchev–Trinajstić information content (AvgIpc) is 2.47. The van der Waals surface area contributed by atoms with Gasteiger partial charge in [0, 0.05) is 38.3 Å². The number of aromatic nitrogens is 2. The number of rotatable bonds is 5. The molecule has 1 aliphatic rings. The molecule has 1 aliphatic heterocycles. The molecule has 0 aliphatic carbocycles. The monoisotopic (exact) mass is 277 g/mol. The number of hydrogen-bond acceptors (Lipinski definition) is 5.